The number of imide groups is 1. The molecule has 7 heteroatoms. The van der Waals surface area contributed by atoms with Crippen molar-refractivity contribution in [2.75, 3.05) is 25.6 Å². The molecule has 1 saturated heterocycles. The number of likely N-dealkylation sites (N-methyl/N-ethyl adjacent to an activating group) is 1. The fourth-order valence-electron chi connectivity index (χ4n) is 3.73. The van der Waals surface area contributed by atoms with Gasteiger partial charge in [-0.2, -0.15) is 0 Å². The molecule has 3 rings (SSSR count). The number of nitrogens with zero attached hydrogens (tertiary/aromatic N) is 2. The van der Waals surface area contributed by atoms with Gasteiger partial charge >= 0.3 is 0 Å². The summed E-state index contributed by atoms with van der Waals surface area (Å²) in [7, 11) is 1.71. The van der Waals surface area contributed by atoms with Crippen molar-refractivity contribution in [1.29, 1.82) is 0 Å². The summed E-state index contributed by atoms with van der Waals surface area (Å²) in [6.45, 7) is 0.199. The van der Waals surface area contributed by atoms with Crippen molar-refractivity contribution in [2.45, 2.75) is 32.1 Å². The summed E-state index contributed by atoms with van der Waals surface area (Å²) in [6, 6.07) is 6.99. The third-order valence-electron chi connectivity index (χ3n) is 4.99. The molecule has 0 atom stereocenters. The lowest BCUT2D eigenvalue weighted by atomic mass is 9.85. The van der Waals surface area contributed by atoms with Crippen molar-refractivity contribution in [1.82, 2.24) is 9.80 Å². The molecule has 25 heavy (non-hydrogen) atoms. The van der Waals surface area contributed by atoms with E-state index in [1.54, 1.807) is 36.2 Å². The highest BCUT2D eigenvalue weighted by molar-refractivity contribution is 6.33. The Balaban J connectivity index is 1.56. The zero-order valence-corrected chi connectivity index (χ0v) is 15.0. The van der Waals surface area contributed by atoms with E-state index in [-0.39, 0.29) is 30.9 Å². The van der Waals surface area contributed by atoms with E-state index in [4.69, 9.17) is 11.6 Å². The average Bonchev–Trinajstić information content (AvgIpc) is 3.11. The summed E-state index contributed by atoms with van der Waals surface area (Å²) in [4.78, 5) is 40.0. The van der Waals surface area contributed by atoms with Crippen LogP contribution in [0.25, 0.3) is 0 Å². The highest BCUT2D eigenvalue weighted by atomic mass is 35.5. The molecule has 1 spiro atoms. The lowest BCUT2D eigenvalue weighted by Gasteiger charge is -2.25. The Morgan fingerprint density at radius 2 is 1.96 bits per heavy atom. The topological polar surface area (TPSA) is 69.7 Å². The van der Waals surface area contributed by atoms with Gasteiger partial charge < -0.3 is 5.32 Å². The number of hydrogen-bond acceptors (Lipinski definition) is 4. The van der Waals surface area contributed by atoms with Crippen LogP contribution in [0.15, 0.2) is 24.3 Å². The molecule has 1 aromatic rings. The Morgan fingerprint density at radius 1 is 1.28 bits per heavy atom. The number of anilines is 1. The molecule has 2 aliphatic rings. The molecule has 6 nitrogen and oxygen atoms in total. The normalized spacial score (nSPS) is 19.2. The zero-order valence-electron chi connectivity index (χ0n) is 14.3. The monoisotopic (exact) mass is 363 g/mol. The van der Waals surface area contributed by atoms with E-state index in [0.717, 1.165) is 25.7 Å². The number of halogens is 1. The maximum absolute atomic E-state index is 12.7. The first-order valence-electron chi connectivity index (χ1n) is 8.49. The maximum atomic E-state index is 12.7. The molecule has 3 amide bonds. The van der Waals surface area contributed by atoms with Gasteiger partial charge in [-0.05, 0) is 32.0 Å². The molecular formula is C18H22ClN3O3. The van der Waals surface area contributed by atoms with Crippen molar-refractivity contribution in [3.05, 3.63) is 29.3 Å². The first-order chi connectivity index (χ1) is 11.9. The summed E-state index contributed by atoms with van der Waals surface area (Å²) >= 11 is 6.02. The number of amides is 3. The molecule has 134 valence electrons. The summed E-state index contributed by atoms with van der Waals surface area (Å²) in [5.41, 5.74) is 0.0679. The van der Waals surface area contributed by atoms with Crippen molar-refractivity contribution >= 4 is 35.0 Å². The van der Waals surface area contributed by atoms with Gasteiger partial charge in [-0.25, -0.2) is 0 Å². The van der Waals surface area contributed by atoms with Gasteiger partial charge in [-0.1, -0.05) is 36.6 Å². The second kappa shape index (κ2) is 7.14. The minimum absolute atomic E-state index is 0.0648. The Morgan fingerprint density at radius 3 is 2.64 bits per heavy atom. The largest absolute Gasteiger partial charge is 0.324 e. The predicted octanol–water partition coefficient (Wildman–Crippen LogP) is 2.49. The molecule has 2 fully saturated rings. The van der Waals surface area contributed by atoms with Gasteiger partial charge in [0.15, 0.2) is 0 Å². The van der Waals surface area contributed by atoms with Gasteiger partial charge in [-0.15, -0.1) is 0 Å². The van der Waals surface area contributed by atoms with Crippen molar-refractivity contribution in [2.24, 2.45) is 5.41 Å². The van der Waals surface area contributed by atoms with Crippen LogP contribution in [0.3, 0.4) is 0 Å². The lowest BCUT2D eigenvalue weighted by molar-refractivity contribution is -0.144. The van der Waals surface area contributed by atoms with E-state index < -0.39 is 5.41 Å². The molecule has 1 aromatic carbocycles. The minimum atomic E-state index is -0.474. The Hall–Kier alpha value is -1.92. The Kier molecular flexibility index (Phi) is 5.11. The van der Waals surface area contributed by atoms with E-state index in [0.29, 0.717) is 17.1 Å². The molecular weight excluding hydrogens is 342 g/mol. The van der Waals surface area contributed by atoms with Gasteiger partial charge in [0.1, 0.15) is 0 Å². The van der Waals surface area contributed by atoms with Gasteiger partial charge in [0.2, 0.25) is 17.7 Å². The number of carbonyl (C=O) groups is 3. The standard InChI is InChI=1S/C18H22ClN3O3/c1-21(11-15(23)20-14-7-3-2-6-13(14)19)12-22-16(24)10-18(17(22)25)8-4-5-9-18/h2-3,6-7H,4-5,8-12H2,1H3,(H,20,23). The predicted molar refractivity (Wildman–Crippen MR) is 94.9 cm³/mol. The molecule has 0 unspecified atom stereocenters. The molecule has 1 heterocycles. The van der Waals surface area contributed by atoms with Gasteiger partial charge in [0.25, 0.3) is 0 Å². The number of para-hydroxylation sites is 1. The second-order valence-corrected chi connectivity index (χ2v) is 7.38. The van der Waals surface area contributed by atoms with Crippen molar-refractivity contribution in [3.63, 3.8) is 0 Å². The van der Waals surface area contributed by atoms with E-state index in [1.807, 2.05) is 0 Å². The molecule has 0 radical (unpaired) electrons. The first-order valence-corrected chi connectivity index (χ1v) is 8.87. The molecule has 0 aromatic heterocycles. The fourth-order valence-corrected chi connectivity index (χ4v) is 3.92. The molecule has 0 bridgehead atoms. The molecule has 1 aliphatic carbocycles. The lowest BCUT2D eigenvalue weighted by Crippen LogP contribution is -2.43. The summed E-state index contributed by atoms with van der Waals surface area (Å²) in [5.74, 6) is -0.455. The number of nitrogens with one attached hydrogen (secondary N) is 1. The van der Waals surface area contributed by atoms with Crippen LogP contribution in [0.1, 0.15) is 32.1 Å². The number of rotatable bonds is 5. The van der Waals surface area contributed by atoms with Crippen molar-refractivity contribution < 1.29 is 14.4 Å². The molecule has 1 aliphatic heterocycles. The molecule has 1 N–H and O–H groups in total. The van der Waals surface area contributed by atoms with Crippen LogP contribution in [0.5, 0.6) is 0 Å². The van der Waals surface area contributed by atoms with Crippen LogP contribution in [0, 0.1) is 5.41 Å². The van der Waals surface area contributed by atoms with E-state index in [2.05, 4.69) is 5.32 Å². The number of likely N-dealkylation sites (tertiary alicyclic amines) is 1. The smallest absolute Gasteiger partial charge is 0.238 e. The fraction of sp³-hybridized carbons (Fsp3) is 0.500. The van der Waals surface area contributed by atoms with Crippen LogP contribution >= 0.6 is 11.6 Å². The summed E-state index contributed by atoms with van der Waals surface area (Å²) < 4.78 is 0. The van der Waals surface area contributed by atoms with E-state index in [9.17, 15) is 14.4 Å². The van der Waals surface area contributed by atoms with Crippen LogP contribution < -0.4 is 5.32 Å². The summed E-state index contributed by atoms with van der Waals surface area (Å²) in [6.07, 6.45) is 3.91. The Bertz CT molecular complexity index is 701. The van der Waals surface area contributed by atoms with Crippen LogP contribution in [0.2, 0.25) is 5.02 Å². The highest BCUT2D eigenvalue weighted by Gasteiger charge is 2.52. The number of benzene rings is 1. The number of carbonyl (C=O) groups excluding carboxylic acids is 3. The van der Waals surface area contributed by atoms with Crippen molar-refractivity contribution in [3.8, 4) is 0 Å². The number of hydrogen-bond donors (Lipinski definition) is 1. The minimum Gasteiger partial charge on any atom is -0.324 e. The maximum Gasteiger partial charge on any atom is 0.238 e. The average molecular weight is 364 g/mol. The van der Waals surface area contributed by atoms with Gasteiger partial charge in [0, 0.05) is 6.42 Å². The third kappa shape index (κ3) is 3.70. The molecule has 1 saturated carbocycles. The van der Waals surface area contributed by atoms with Gasteiger partial charge in [-0.3, -0.25) is 24.2 Å². The van der Waals surface area contributed by atoms with Gasteiger partial charge in [0.05, 0.1) is 29.3 Å². The van der Waals surface area contributed by atoms with Crippen LogP contribution in [0.4, 0.5) is 5.69 Å². The van der Waals surface area contributed by atoms with Crippen LogP contribution in [-0.2, 0) is 14.4 Å². The van der Waals surface area contributed by atoms with E-state index in [1.165, 1.54) is 4.90 Å². The quantitative estimate of drug-likeness (QED) is 0.816. The second-order valence-electron chi connectivity index (χ2n) is 6.97. The SMILES string of the molecule is CN(CC(=O)Nc1ccccc1Cl)CN1C(=O)CC2(CCCC2)C1=O. The summed E-state index contributed by atoms with van der Waals surface area (Å²) in [5, 5.41) is 3.20. The third-order valence-corrected chi connectivity index (χ3v) is 5.32. The Labute approximate surface area is 152 Å². The van der Waals surface area contributed by atoms with E-state index >= 15 is 0 Å². The zero-order chi connectivity index (χ0) is 18.0. The highest BCUT2D eigenvalue weighted by Crippen LogP contribution is 2.46. The first kappa shape index (κ1) is 17.9. The van der Waals surface area contributed by atoms with Crippen LogP contribution in [-0.4, -0.2) is 47.8 Å².